The first-order valence-electron chi connectivity index (χ1n) is 9.52. The maximum absolute atomic E-state index is 5.72. The lowest BCUT2D eigenvalue weighted by molar-refractivity contribution is 0.0368. The lowest BCUT2D eigenvalue weighted by atomic mass is 10.2. The molecule has 0 bridgehead atoms. The number of aryl methyl sites for hydroxylation is 1. The van der Waals surface area contributed by atoms with Crippen LogP contribution in [-0.2, 0) is 11.3 Å². The van der Waals surface area contributed by atoms with Crippen LogP contribution in [0.1, 0.15) is 17.5 Å². The third-order valence-corrected chi connectivity index (χ3v) is 5.08. The SMILES string of the molecule is Cc1ccc(NC(=S)N(CCCN2CCOCC2)Cc2ccncc2)cc1. The summed E-state index contributed by atoms with van der Waals surface area (Å²) >= 11 is 5.72. The number of pyridine rings is 1. The van der Waals surface area contributed by atoms with E-state index in [-0.39, 0.29) is 0 Å². The van der Waals surface area contributed by atoms with Crippen LogP contribution >= 0.6 is 12.2 Å². The number of nitrogens with zero attached hydrogens (tertiary/aromatic N) is 3. The molecule has 0 atom stereocenters. The highest BCUT2D eigenvalue weighted by atomic mass is 32.1. The molecule has 144 valence electrons. The Morgan fingerprint density at radius 3 is 2.56 bits per heavy atom. The maximum Gasteiger partial charge on any atom is 0.173 e. The summed E-state index contributed by atoms with van der Waals surface area (Å²) in [6.07, 6.45) is 4.73. The van der Waals surface area contributed by atoms with E-state index in [0.29, 0.717) is 0 Å². The van der Waals surface area contributed by atoms with Gasteiger partial charge in [0, 0.05) is 50.8 Å². The Morgan fingerprint density at radius 2 is 1.85 bits per heavy atom. The number of aromatic nitrogens is 1. The highest BCUT2D eigenvalue weighted by Gasteiger charge is 2.14. The highest BCUT2D eigenvalue weighted by molar-refractivity contribution is 7.80. The Hall–Kier alpha value is -2.02. The van der Waals surface area contributed by atoms with Gasteiger partial charge in [0.15, 0.2) is 5.11 Å². The van der Waals surface area contributed by atoms with Gasteiger partial charge in [0.2, 0.25) is 0 Å². The molecule has 27 heavy (non-hydrogen) atoms. The Labute approximate surface area is 167 Å². The molecule has 0 amide bonds. The molecule has 0 radical (unpaired) electrons. The van der Waals surface area contributed by atoms with E-state index in [2.05, 4.69) is 51.3 Å². The standard InChI is InChI=1S/C21H28N4OS/c1-18-3-5-20(6-4-18)23-21(27)25(17-19-7-9-22-10-8-19)12-2-11-24-13-15-26-16-14-24/h3-10H,2,11-17H2,1H3,(H,23,27). The number of benzene rings is 1. The number of anilines is 1. The molecule has 2 heterocycles. The average molecular weight is 385 g/mol. The number of nitrogens with one attached hydrogen (secondary N) is 1. The third kappa shape index (κ3) is 6.57. The molecule has 1 N–H and O–H groups in total. The molecule has 1 fully saturated rings. The molecule has 1 aliphatic heterocycles. The third-order valence-electron chi connectivity index (χ3n) is 4.72. The van der Waals surface area contributed by atoms with Gasteiger partial charge in [-0.15, -0.1) is 0 Å². The fourth-order valence-corrected chi connectivity index (χ4v) is 3.38. The summed E-state index contributed by atoms with van der Waals surface area (Å²) in [7, 11) is 0. The van der Waals surface area contributed by atoms with Crippen molar-refractivity contribution in [3.8, 4) is 0 Å². The van der Waals surface area contributed by atoms with Crippen molar-refractivity contribution in [2.45, 2.75) is 19.9 Å². The zero-order valence-corrected chi connectivity index (χ0v) is 16.8. The molecule has 0 spiro atoms. The summed E-state index contributed by atoms with van der Waals surface area (Å²) < 4.78 is 5.43. The van der Waals surface area contributed by atoms with Gasteiger partial charge in [-0.3, -0.25) is 9.88 Å². The topological polar surface area (TPSA) is 40.6 Å². The fraction of sp³-hybridized carbons (Fsp3) is 0.429. The van der Waals surface area contributed by atoms with Crippen molar-refractivity contribution in [1.29, 1.82) is 0 Å². The van der Waals surface area contributed by atoms with Crippen molar-refractivity contribution in [2.24, 2.45) is 0 Å². The van der Waals surface area contributed by atoms with E-state index in [1.165, 1.54) is 11.1 Å². The van der Waals surface area contributed by atoms with Crippen molar-refractivity contribution in [3.05, 3.63) is 59.9 Å². The van der Waals surface area contributed by atoms with Gasteiger partial charge in [0.1, 0.15) is 0 Å². The first-order valence-corrected chi connectivity index (χ1v) is 9.93. The van der Waals surface area contributed by atoms with Crippen LogP contribution in [0.15, 0.2) is 48.8 Å². The molecule has 0 saturated carbocycles. The normalized spacial score (nSPS) is 14.7. The van der Waals surface area contributed by atoms with Gasteiger partial charge >= 0.3 is 0 Å². The molecule has 3 rings (SSSR count). The van der Waals surface area contributed by atoms with Crippen LogP contribution in [-0.4, -0.2) is 59.3 Å². The van der Waals surface area contributed by atoms with Crippen LogP contribution in [0.5, 0.6) is 0 Å². The van der Waals surface area contributed by atoms with Crippen LogP contribution in [0.4, 0.5) is 5.69 Å². The lowest BCUT2D eigenvalue weighted by Gasteiger charge is -2.29. The quantitative estimate of drug-likeness (QED) is 0.739. The van der Waals surface area contributed by atoms with Crippen molar-refractivity contribution < 1.29 is 4.74 Å². The monoisotopic (exact) mass is 384 g/mol. The first kappa shape index (κ1) is 19.7. The second kappa shape index (κ2) is 10.3. The van der Waals surface area contributed by atoms with E-state index in [9.17, 15) is 0 Å². The van der Waals surface area contributed by atoms with Crippen molar-refractivity contribution in [2.75, 3.05) is 44.7 Å². The molecule has 1 aromatic carbocycles. The number of rotatable bonds is 7. The molecular formula is C21H28N4OS. The summed E-state index contributed by atoms with van der Waals surface area (Å²) in [6.45, 7) is 8.59. The van der Waals surface area contributed by atoms with Gasteiger partial charge in [-0.05, 0) is 55.4 Å². The molecule has 1 saturated heterocycles. The van der Waals surface area contributed by atoms with E-state index in [0.717, 1.165) is 63.2 Å². The Morgan fingerprint density at radius 1 is 1.15 bits per heavy atom. The van der Waals surface area contributed by atoms with E-state index in [1.54, 1.807) is 0 Å². The second-order valence-electron chi connectivity index (χ2n) is 6.88. The summed E-state index contributed by atoms with van der Waals surface area (Å²) in [5.74, 6) is 0. The van der Waals surface area contributed by atoms with E-state index >= 15 is 0 Å². The number of hydrogen-bond donors (Lipinski definition) is 1. The minimum absolute atomic E-state index is 0.762. The van der Waals surface area contributed by atoms with Gasteiger partial charge in [0.25, 0.3) is 0 Å². The lowest BCUT2D eigenvalue weighted by Crippen LogP contribution is -2.40. The number of hydrogen-bond acceptors (Lipinski definition) is 4. The summed E-state index contributed by atoms with van der Waals surface area (Å²) in [4.78, 5) is 8.82. The van der Waals surface area contributed by atoms with E-state index in [4.69, 9.17) is 17.0 Å². The number of thiocarbonyl (C=S) groups is 1. The molecule has 1 aromatic heterocycles. The minimum Gasteiger partial charge on any atom is -0.379 e. The Bertz CT molecular complexity index is 702. The minimum atomic E-state index is 0.762. The first-order chi connectivity index (χ1) is 13.2. The average Bonchev–Trinajstić information content (AvgIpc) is 2.70. The molecule has 0 unspecified atom stereocenters. The van der Waals surface area contributed by atoms with Crippen LogP contribution in [0.25, 0.3) is 0 Å². The predicted molar refractivity (Wildman–Crippen MR) is 114 cm³/mol. The summed E-state index contributed by atoms with van der Waals surface area (Å²) in [5, 5.41) is 4.15. The zero-order valence-electron chi connectivity index (χ0n) is 15.9. The predicted octanol–water partition coefficient (Wildman–Crippen LogP) is 3.31. The fourth-order valence-electron chi connectivity index (χ4n) is 3.11. The summed E-state index contributed by atoms with van der Waals surface area (Å²) in [5.41, 5.74) is 3.48. The van der Waals surface area contributed by atoms with E-state index in [1.807, 2.05) is 24.5 Å². The zero-order chi connectivity index (χ0) is 18.9. The molecule has 6 heteroatoms. The van der Waals surface area contributed by atoms with Gasteiger partial charge in [0.05, 0.1) is 13.2 Å². The largest absolute Gasteiger partial charge is 0.379 e. The summed E-state index contributed by atoms with van der Waals surface area (Å²) in [6, 6.07) is 12.4. The van der Waals surface area contributed by atoms with Crippen LogP contribution < -0.4 is 5.32 Å². The highest BCUT2D eigenvalue weighted by Crippen LogP contribution is 2.12. The molecule has 0 aliphatic carbocycles. The van der Waals surface area contributed by atoms with Gasteiger partial charge in [-0.1, -0.05) is 17.7 Å². The van der Waals surface area contributed by atoms with Crippen molar-refractivity contribution in [3.63, 3.8) is 0 Å². The van der Waals surface area contributed by atoms with Crippen molar-refractivity contribution >= 4 is 23.0 Å². The van der Waals surface area contributed by atoms with Gasteiger partial charge in [-0.2, -0.15) is 0 Å². The van der Waals surface area contributed by atoms with Crippen molar-refractivity contribution in [1.82, 2.24) is 14.8 Å². The van der Waals surface area contributed by atoms with Gasteiger partial charge < -0.3 is 15.0 Å². The van der Waals surface area contributed by atoms with Crippen LogP contribution in [0.3, 0.4) is 0 Å². The smallest absolute Gasteiger partial charge is 0.173 e. The van der Waals surface area contributed by atoms with Crippen LogP contribution in [0.2, 0.25) is 0 Å². The molecule has 5 nitrogen and oxygen atoms in total. The maximum atomic E-state index is 5.72. The Balaban J connectivity index is 1.59. The second-order valence-corrected chi connectivity index (χ2v) is 7.27. The number of morpholine rings is 1. The van der Waals surface area contributed by atoms with Crippen LogP contribution in [0, 0.1) is 6.92 Å². The molecule has 1 aliphatic rings. The molecule has 2 aromatic rings. The van der Waals surface area contributed by atoms with Gasteiger partial charge in [-0.25, -0.2) is 0 Å². The van der Waals surface area contributed by atoms with E-state index < -0.39 is 0 Å². The Kier molecular flexibility index (Phi) is 7.56. The molecular weight excluding hydrogens is 356 g/mol. The number of ether oxygens (including phenoxy) is 1.